The van der Waals surface area contributed by atoms with Crippen LogP contribution in [0.2, 0.25) is 0 Å². The van der Waals surface area contributed by atoms with Crippen LogP contribution in [0, 0.1) is 0 Å². The maximum Gasteiger partial charge on any atom is 0.255 e. The number of hydrogen-bond donors (Lipinski definition) is 0. The smallest absolute Gasteiger partial charge is 0.255 e. The zero-order chi connectivity index (χ0) is 19.8. The first-order valence-corrected chi connectivity index (χ1v) is 10.8. The van der Waals surface area contributed by atoms with Crippen molar-refractivity contribution in [3.05, 3.63) is 45.2 Å². The van der Waals surface area contributed by atoms with Gasteiger partial charge < -0.3 is 9.80 Å². The quantitative estimate of drug-likeness (QED) is 0.793. The fraction of sp³-hybridized carbons (Fsp3) is 0.524. The molecule has 2 aliphatic heterocycles. The van der Waals surface area contributed by atoms with Crippen LogP contribution < -0.4 is 0 Å². The summed E-state index contributed by atoms with van der Waals surface area (Å²) in [6.07, 6.45) is 4.45. The topological polar surface area (TPSA) is 66.4 Å². The number of amides is 2. The van der Waals surface area contributed by atoms with Crippen LogP contribution in [-0.2, 0) is 17.8 Å². The third-order valence-electron chi connectivity index (χ3n) is 5.65. The van der Waals surface area contributed by atoms with Crippen LogP contribution >= 0.6 is 11.3 Å². The van der Waals surface area contributed by atoms with Gasteiger partial charge >= 0.3 is 0 Å². The van der Waals surface area contributed by atoms with Crippen molar-refractivity contribution in [3.63, 3.8) is 0 Å². The van der Waals surface area contributed by atoms with E-state index in [9.17, 15) is 9.59 Å². The Bertz CT molecular complexity index is 908. The highest BCUT2D eigenvalue weighted by Gasteiger charge is 2.33. The van der Waals surface area contributed by atoms with Crippen LogP contribution in [0.15, 0.2) is 17.6 Å². The third kappa shape index (κ3) is 3.55. The zero-order valence-corrected chi connectivity index (χ0v) is 17.5. The van der Waals surface area contributed by atoms with Gasteiger partial charge in [-0.25, -0.2) is 9.97 Å². The molecule has 2 amide bonds. The average molecular weight is 399 g/mol. The van der Waals surface area contributed by atoms with Crippen LogP contribution in [0.5, 0.6) is 0 Å². The number of likely N-dealkylation sites (tertiary alicyclic amines) is 1. The minimum atomic E-state index is -0.0639. The molecule has 0 aliphatic carbocycles. The van der Waals surface area contributed by atoms with Gasteiger partial charge in [0.15, 0.2) is 5.82 Å². The molecule has 4 rings (SSSR count). The Kier molecular flexibility index (Phi) is 5.19. The fourth-order valence-electron chi connectivity index (χ4n) is 3.97. The molecule has 0 N–H and O–H groups in total. The highest BCUT2D eigenvalue weighted by Crippen LogP contribution is 2.33. The van der Waals surface area contributed by atoms with Crippen molar-refractivity contribution >= 4 is 23.2 Å². The molecule has 6 nitrogen and oxygen atoms in total. The first-order valence-electron chi connectivity index (χ1n) is 9.93. The van der Waals surface area contributed by atoms with E-state index in [1.54, 1.807) is 18.3 Å². The van der Waals surface area contributed by atoms with Gasteiger partial charge in [-0.2, -0.15) is 0 Å². The van der Waals surface area contributed by atoms with Gasteiger partial charge in [-0.05, 0) is 24.8 Å². The van der Waals surface area contributed by atoms with Crippen molar-refractivity contribution in [2.45, 2.75) is 58.5 Å². The average Bonchev–Trinajstić information content (AvgIpc) is 3.36. The van der Waals surface area contributed by atoms with Crippen molar-refractivity contribution < 1.29 is 9.59 Å². The Morgan fingerprint density at radius 2 is 2.11 bits per heavy atom. The second kappa shape index (κ2) is 7.62. The van der Waals surface area contributed by atoms with Crippen molar-refractivity contribution in [1.29, 1.82) is 0 Å². The summed E-state index contributed by atoms with van der Waals surface area (Å²) in [5.74, 6) is 1.33. The first kappa shape index (κ1) is 19.1. The second-order valence-electron chi connectivity index (χ2n) is 7.94. The lowest BCUT2D eigenvalue weighted by molar-refractivity contribution is -0.129. The van der Waals surface area contributed by atoms with Crippen molar-refractivity contribution in [3.8, 4) is 0 Å². The molecule has 1 atom stereocenters. The van der Waals surface area contributed by atoms with Gasteiger partial charge in [-0.15, -0.1) is 11.3 Å². The molecule has 1 fully saturated rings. The Morgan fingerprint density at radius 1 is 1.29 bits per heavy atom. The fourth-order valence-corrected chi connectivity index (χ4v) is 4.87. The molecule has 4 heterocycles. The summed E-state index contributed by atoms with van der Waals surface area (Å²) >= 11 is 1.65. The van der Waals surface area contributed by atoms with Gasteiger partial charge in [0.05, 0.1) is 17.3 Å². The molecular weight excluding hydrogens is 372 g/mol. The number of aromatic nitrogens is 2. The number of nitrogens with zero attached hydrogens (tertiary/aromatic N) is 4. The molecule has 1 saturated heterocycles. The lowest BCUT2D eigenvalue weighted by Gasteiger charge is -2.28. The van der Waals surface area contributed by atoms with E-state index in [1.165, 1.54) is 4.88 Å². The summed E-state index contributed by atoms with van der Waals surface area (Å²) in [4.78, 5) is 39.1. The number of hydrogen-bond acceptors (Lipinski definition) is 5. The van der Waals surface area contributed by atoms with Crippen LogP contribution in [-0.4, -0.2) is 44.7 Å². The molecule has 0 spiro atoms. The zero-order valence-electron chi connectivity index (χ0n) is 16.6. The Hall–Kier alpha value is -2.28. The molecule has 148 valence electrons. The van der Waals surface area contributed by atoms with Gasteiger partial charge in [0.25, 0.3) is 5.91 Å². The molecule has 2 aromatic heterocycles. The van der Waals surface area contributed by atoms with Crippen molar-refractivity contribution in [2.75, 3.05) is 13.1 Å². The van der Waals surface area contributed by atoms with Gasteiger partial charge in [0, 0.05) is 55.0 Å². The van der Waals surface area contributed by atoms with E-state index in [4.69, 9.17) is 4.98 Å². The second-order valence-corrected chi connectivity index (χ2v) is 8.88. The van der Waals surface area contributed by atoms with E-state index >= 15 is 0 Å². The molecule has 0 bridgehead atoms. The highest BCUT2D eigenvalue weighted by atomic mass is 32.1. The maximum absolute atomic E-state index is 13.1. The standard InChI is InChI=1S/C21H26N4O2S/c1-13(2)19-9-15(12-28-19)21(27)25-7-4-5-18(25)20-22-10-16-11-24(14(3)26)8-6-17(16)23-20/h9-10,12-13,18H,4-8,11H2,1-3H3/t18-/m1/s1. The summed E-state index contributed by atoms with van der Waals surface area (Å²) in [6.45, 7) is 7.90. The van der Waals surface area contributed by atoms with Crippen molar-refractivity contribution in [2.24, 2.45) is 0 Å². The summed E-state index contributed by atoms with van der Waals surface area (Å²) in [7, 11) is 0. The molecule has 0 radical (unpaired) electrons. The Labute approximate surface area is 169 Å². The molecule has 0 aromatic carbocycles. The van der Waals surface area contributed by atoms with Crippen LogP contribution in [0.1, 0.15) is 77.9 Å². The highest BCUT2D eigenvalue weighted by molar-refractivity contribution is 7.10. The molecule has 0 saturated carbocycles. The molecule has 2 aliphatic rings. The van der Waals surface area contributed by atoms with E-state index in [0.717, 1.165) is 48.5 Å². The molecule has 0 unspecified atom stereocenters. The van der Waals surface area contributed by atoms with Gasteiger partial charge in [-0.1, -0.05) is 13.8 Å². The predicted molar refractivity (Wildman–Crippen MR) is 108 cm³/mol. The predicted octanol–water partition coefficient (Wildman–Crippen LogP) is 3.54. The number of carbonyl (C=O) groups is 2. The van der Waals surface area contributed by atoms with E-state index < -0.39 is 0 Å². The lowest BCUT2D eigenvalue weighted by atomic mass is 10.1. The van der Waals surface area contributed by atoms with E-state index in [0.29, 0.717) is 19.0 Å². The Morgan fingerprint density at radius 3 is 2.82 bits per heavy atom. The lowest BCUT2D eigenvalue weighted by Crippen LogP contribution is -2.36. The summed E-state index contributed by atoms with van der Waals surface area (Å²) < 4.78 is 0. The van der Waals surface area contributed by atoms with E-state index in [1.807, 2.05) is 27.4 Å². The minimum absolute atomic E-state index is 0.0639. The summed E-state index contributed by atoms with van der Waals surface area (Å²) in [5.41, 5.74) is 2.80. The third-order valence-corrected chi connectivity index (χ3v) is 6.88. The number of thiophene rings is 1. The van der Waals surface area contributed by atoms with Crippen LogP contribution in [0.4, 0.5) is 0 Å². The van der Waals surface area contributed by atoms with Crippen LogP contribution in [0.3, 0.4) is 0 Å². The molecule has 2 aromatic rings. The maximum atomic E-state index is 13.1. The number of fused-ring (bicyclic) bond motifs is 1. The SMILES string of the molecule is CC(=O)N1CCc2nc([C@H]3CCCN3C(=O)c3csc(C(C)C)c3)ncc2C1. The molecular formula is C21H26N4O2S. The number of carbonyl (C=O) groups excluding carboxylic acids is 2. The molecule has 7 heteroatoms. The van der Waals surface area contributed by atoms with Gasteiger partial charge in [0.2, 0.25) is 5.91 Å². The number of rotatable bonds is 3. The minimum Gasteiger partial charge on any atom is -0.338 e. The van der Waals surface area contributed by atoms with E-state index in [2.05, 4.69) is 18.8 Å². The largest absolute Gasteiger partial charge is 0.338 e. The monoisotopic (exact) mass is 398 g/mol. The summed E-state index contributed by atoms with van der Waals surface area (Å²) in [6, 6.07) is 1.96. The van der Waals surface area contributed by atoms with Gasteiger partial charge in [-0.3, -0.25) is 9.59 Å². The van der Waals surface area contributed by atoms with Crippen molar-refractivity contribution in [1.82, 2.24) is 19.8 Å². The molecule has 28 heavy (non-hydrogen) atoms. The normalized spacial score (nSPS) is 19.2. The van der Waals surface area contributed by atoms with E-state index in [-0.39, 0.29) is 17.9 Å². The first-order chi connectivity index (χ1) is 13.4. The summed E-state index contributed by atoms with van der Waals surface area (Å²) in [5, 5.41) is 1.97. The van der Waals surface area contributed by atoms with Crippen LogP contribution in [0.25, 0.3) is 0 Å². The van der Waals surface area contributed by atoms with Gasteiger partial charge in [0.1, 0.15) is 0 Å². The Balaban J connectivity index is 1.55.